The molecule has 0 radical (unpaired) electrons. The zero-order chi connectivity index (χ0) is 24.8. The van der Waals surface area contributed by atoms with Crippen molar-refractivity contribution in [2.75, 3.05) is 0 Å². The fourth-order valence-corrected chi connectivity index (χ4v) is 6.50. The molecule has 0 aliphatic heterocycles. The van der Waals surface area contributed by atoms with E-state index >= 15 is 0 Å². The van der Waals surface area contributed by atoms with Crippen molar-refractivity contribution < 1.29 is 0 Å². The number of nitrogens with zero attached hydrogens (tertiary/aromatic N) is 3. The minimum Gasteiger partial charge on any atom is -0.309 e. The van der Waals surface area contributed by atoms with Gasteiger partial charge in [0, 0.05) is 22.7 Å². The third kappa shape index (κ3) is 2.50. The molecule has 3 heteroatoms. The Kier molecular flexibility index (Phi) is 3.79. The largest absolute Gasteiger partial charge is 0.309 e. The normalized spacial score (nSPS) is 12.2. The second-order valence-corrected chi connectivity index (χ2v) is 10.0. The molecular formula is C35H21N3. The van der Waals surface area contributed by atoms with Crippen LogP contribution in [0, 0.1) is 0 Å². The molecule has 0 N–H and O–H groups in total. The van der Waals surface area contributed by atoms with Crippen molar-refractivity contribution in [3.63, 3.8) is 0 Å². The summed E-state index contributed by atoms with van der Waals surface area (Å²) in [5, 5.41) is 10.2. The molecule has 0 aliphatic rings. The van der Waals surface area contributed by atoms with Gasteiger partial charge in [-0.25, -0.2) is 4.98 Å². The predicted molar refractivity (Wildman–Crippen MR) is 160 cm³/mol. The van der Waals surface area contributed by atoms with Crippen LogP contribution in [0.2, 0.25) is 0 Å². The molecule has 176 valence electrons. The molecule has 0 aliphatic carbocycles. The maximum absolute atomic E-state index is 5.08. The third-order valence-electron chi connectivity index (χ3n) is 8.10. The Morgan fingerprint density at radius 3 is 1.82 bits per heavy atom. The molecule has 9 rings (SSSR count). The Morgan fingerprint density at radius 2 is 1.05 bits per heavy atom. The molecule has 3 aromatic heterocycles. The van der Waals surface area contributed by atoms with Crippen molar-refractivity contribution in [3.8, 4) is 5.69 Å². The maximum Gasteiger partial charge on any atom is 0.137 e. The summed E-state index contributed by atoms with van der Waals surface area (Å²) in [6.07, 6.45) is 2.09. The second-order valence-electron chi connectivity index (χ2n) is 10.0. The number of benzene rings is 6. The molecular weight excluding hydrogens is 462 g/mol. The van der Waals surface area contributed by atoms with Crippen LogP contribution in [0.4, 0.5) is 0 Å². The lowest BCUT2D eigenvalue weighted by molar-refractivity contribution is 1.19. The van der Waals surface area contributed by atoms with E-state index in [4.69, 9.17) is 4.98 Å². The van der Waals surface area contributed by atoms with Gasteiger partial charge in [0.1, 0.15) is 5.65 Å². The van der Waals surface area contributed by atoms with Crippen molar-refractivity contribution in [1.29, 1.82) is 0 Å². The van der Waals surface area contributed by atoms with E-state index in [9.17, 15) is 0 Å². The molecule has 0 fully saturated rings. The lowest BCUT2D eigenvalue weighted by Gasteiger charge is -2.13. The minimum absolute atomic E-state index is 0.968. The Hall–Kier alpha value is -5.15. The van der Waals surface area contributed by atoms with Gasteiger partial charge < -0.3 is 4.57 Å². The summed E-state index contributed by atoms with van der Waals surface area (Å²) >= 11 is 0. The summed E-state index contributed by atoms with van der Waals surface area (Å²) < 4.78 is 4.58. The highest BCUT2D eigenvalue weighted by Gasteiger charge is 2.18. The molecule has 3 heterocycles. The highest BCUT2D eigenvalue weighted by Crippen LogP contribution is 2.40. The third-order valence-corrected chi connectivity index (χ3v) is 8.10. The standard InChI is InChI=1S/C35H21N3/c1-2-11-25-23(9-1)24-10-3-4-12-26(24)29-21-22(16-17-27(25)29)38-30-14-6-5-13-28(30)34-31(38)18-19-32-35(34)36-33-15-7-8-20-37(32)33/h1-21H. The summed E-state index contributed by atoms with van der Waals surface area (Å²) in [7, 11) is 0. The molecule has 0 saturated carbocycles. The van der Waals surface area contributed by atoms with Crippen molar-refractivity contribution in [1.82, 2.24) is 14.0 Å². The van der Waals surface area contributed by atoms with Crippen LogP contribution in [0.1, 0.15) is 0 Å². The van der Waals surface area contributed by atoms with E-state index in [1.165, 1.54) is 54.1 Å². The summed E-state index contributed by atoms with van der Waals surface area (Å²) in [5.74, 6) is 0. The molecule has 9 aromatic rings. The van der Waals surface area contributed by atoms with Gasteiger partial charge in [-0.2, -0.15) is 0 Å². The van der Waals surface area contributed by atoms with Gasteiger partial charge in [0.2, 0.25) is 0 Å². The van der Waals surface area contributed by atoms with Crippen molar-refractivity contribution >= 4 is 70.8 Å². The van der Waals surface area contributed by atoms with E-state index in [0.29, 0.717) is 0 Å². The van der Waals surface area contributed by atoms with E-state index in [1.807, 2.05) is 6.07 Å². The van der Waals surface area contributed by atoms with Gasteiger partial charge in [0.15, 0.2) is 0 Å². The van der Waals surface area contributed by atoms with Crippen LogP contribution >= 0.6 is 0 Å². The zero-order valence-corrected chi connectivity index (χ0v) is 20.5. The van der Waals surface area contributed by atoms with Crippen molar-refractivity contribution in [3.05, 3.63) is 128 Å². The van der Waals surface area contributed by atoms with Crippen LogP contribution in [-0.4, -0.2) is 14.0 Å². The fraction of sp³-hybridized carbons (Fsp3) is 0. The van der Waals surface area contributed by atoms with E-state index in [-0.39, 0.29) is 0 Å². The van der Waals surface area contributed by atoms with Gasteiger partial charge in [-0.05, 0) is 74.8 Å². The van der Waals surface area contributed by atoms with E-state index in [1.54, 1.807) is 0 Å². The fourth-order valence-electron chi connectivity index (χ4n) is 6.50. The summed E-state index contributed by atoms with van der Waals surface area (Å²) in [6, 6.07) is 43.8. The van der Waals surface area contributed by atoms with E-state index in [2.05, 4.69) is 130 Å². The van der Waals surface area contributed by atoms with Crippen LogP contribution in [0.15, 0.2) is 128 Å². The first kappa shape index (κ1) is 20.0. The van der Waals surface area contributed by atoms with Gasteiger partial charge in [-0.3, -0.25) is 4.40 Å². The van der Waals surface area contributed by atoms with Gasteiger partial charge >= 0.3 is 0 Å². The monoisotopic (exact) mass is 483 g/mol. The van der Waals surface area contributed by atoms with Crippen LogP contribution in [0.3, 0.4) is 0 Å². The van der Waals surface area contributed by atoms with Crippen LogP contribution in [-0.2, 0) is 0 Å². The second kappa shape index (κ2) is 7.21. The lowest BCUT2D eigenvalue weighted by Crippen LogP contribution is -1.94. The quantitative estimate of drug-likeness (QED) is 0.214. The van der Waals surface area contributed by atoms with Gasteiger partial charge in [-0.15, -0.1) is 0 Å². The van der Waals surface area contributed by atoms with Gasteiger partial charge in [-0.1, -0.05) is 78.9 Å². The SMILES string of the molecule is c1ccc2c(c1)c1ccccc1c1cc(-n3c4ccccc4c4c5nc6ccccn6c5ccc43)ccc21. The first-order valence-corrected chi connectivity index (χ1v) is 13.0. The topological polar surface area (TPSA) is 22.2 Å². The van der Waals surface area contributed by atoms with E-state index < -0.39 is 0 Å². The molecule has 3 nitrogen and oxygen atoms in total. The van der Waals surface area contributed by atoms with Crippen LogP contribution < -0.4 is 0 Å². The molecule has 6 aromatic carbocycles. The molecule has 0 bridgehead atoms. The molecule has 0 atom stereocenters. The Morgan fingerprint density at radius 1 is 0.447 bits per heavy atom. The average molecular weight is 484 g/mol. The first-order chi connectivity index (χ1) is 18.9. The highest BCUT2D eigenvalue weighted by atomic mass is 15.0. The number of rotatable bonds is 1. The summed E-state index contributed by atoms with van der Waals surface area (Å²) in [4.78, 5) is 5.08. The number of hydrogen-bond acceptors (Lipinski definition) is 1. The predicted octanol–water partition coefficient (Wildman–Crippen LogP) is 9.04. The smallest absolute Gasteiger partial charge is 0.137 e. The Labute approximate surface area is 217 Å². The number of aromatic nitrogens is 3. The van der Waals surface area contributed by atoms with Crippen LogP contribution in [0.5, 0.6) is 0 Å². The number of fused-ring (bicyclic) bond motifs is 13. The lowest BCUT2D eigenvalue weighted by atomic mass is 9.94. The van der Waals surface area contributed by atoms with Crippen LogP contribution in [0.25, 0.3) is 76.5 Å². The van der Waals surface area contributed by atoms with Crippen molar-refractivity contribution in [2.24, 2.45) is 0 Å². The number of hydrogen-bond donors (Lipinski definition) is 0. The molecule has 0 saturated heterocycles. The first-order valence-electron chi connectivity index (χ1n) is 13.0. The number of para-hydroxylation sites is 1. The number of pyridine rings is 1. The summed E-state index contributed by atoms with van der Waals surface area (Å²) in [6.45, 7) is 0. The number of imidazole rings is 1. The van der Waals surface area contributed by atoms with Crippen molar-refractivity contribution in [2.45, 2.75) is 0 Å². The highest BCUT2D eigenvalue weighted by molar-refractivity contribution is 6.26. The van der Waals surface area contributed by atoms with Gasteiger partial charge in [0.25, 0.3) is 0 Å². The molecule has 0 amide bonds. The van der Waals surface area contributed by atoms with E-state index in [0.717, 1.165) is 22.4 Å². The van der Waals surface area contributed by atoms with Gasteiger partial charge in [0.05, 0.1) is 22.1 Å². The molecule has 0 spiro atoms. The maximum atomic E-state index is 5.08. The Balaban J connectivity index is 1.44. The average Bonchev–Trinajstić information content (AvgIpc) is 3.53. The molecule has 38 heavy (non-hydrogen) atoms. The zero-order valence-electron chi connectivity index (χ0n) is 20.5. The summed E-state index contributed by atoms with van der Waals surface area (Å²) in [5.41, 5.74) is 6.67. The molecule has 0 unspecified atom stereocenters. The minimum atomic E-state index is 0.968. The Bertz CT molecular complexity index is 2370.